The lowest BCUT2D eigenvalue weighted by atomic mass is 10.1. The highest BCUT2D eigenvalue weighted by Crippen LogP contribution is 2.33. The average molecular weight is 382 g/mol. The summed E-state index contributed by atoms with van der Waals surface area (Å²) >= 11 is 16.6. The predicted molar refractivity (Wildman–Crippen MR) is 78.1 cm³/mol. The van der Waals surface area contributed by atoms with Crippen LogP contribution >= 0.6 is 50.9 Å². The Hall–Kier alpha value is -0.630. The lowest BCUT2D eigenvalue weighted by Gasteiger charge is -2.08. The first-order chi connectivity index (χ1) is 9.00. The zero-order valence-corrected chi connectivity index (χ0v) is 13.5. The Labute approximate surface area is 131 Å². The van der Waals surface area contributed by atoms with E-state index in [1.165, 1.54) is 11.8 Å². The molecule has 0 unspecified atom stereocenters. The second kappa shape index (κ2) is 6.21. The quantitative estimate of drug-likeness (QED) is 0.600. The maximum Gasteiger partial charge on any atom is 0.229 e. The molecule has 0 saturated heterocycles. The van der Waals surface area contributed by atoms with Crippen molar-refractivity contribution in [2.24, 2.45) is 7.05 Å². The predicted octanol–water partition coefficient (Wildman–Crippen LogP) is 3.34. The smallest absolute Gasteiger partial charge is 0.229 e. The van der Waals surface area contributed by atoms with Gasteiger partial charge in [-0.3, -0.25) is 4.79 Å². The summed E-state index contributed by atoms with van der Waals surface area (Å²) in [4.78, 5) is 11.4. The Balaban J connectivity index is 2.27. The molecule has 100 valence electrons. The Bertz CT molecular complexity index is 634. The minimum Gasteiger partial charge on any atom is -0.281 e. The van der Waals surface area contributed by atoms with Crippen LogP contribution in [-0.2, 0) is 12.8 Å². The van der Waals surface area contributed by atoms with Crippen LogP contribution in [0.2, 0.25) is 10.0 Å². The Morgan fingerprint density at radius 1 is 1.47 bits per heavy atom. The summed E-state index contributed by atoms with van der Waals surface area (Å²) in [6, 6.07) is 3.23. The van der Waals surface area contributed by atoms with E-state index in [1.54, 1.807) is 23.9 Å². The molecule has 0 spiro atoms. The molecule has 0 atom stereocenters. The Kier molecular flexibility index (Phi) is 4.83. The topological polar surface area (TPSA) is 60.7 Å². The fourth-order valence-corrected chi connectivity index (χ4v) is 3.45. The summed E-state index contributed by atoms with van der Waals surface area (Å²) in [5.41, 5.74) is 1.07. The van der Waals surface area contributed by atoms with Crippen LogP contribution in [0.3, 0.4) is 0 Å². The molecule has 0 radical (unpaired) electrons. The van der Waals surface area contributed by atoms with Crippen molar-refractivity contribution in [2.75, 3.05) is 0 Å². The van der Waals surface area contributed by atoms with Crippen molar-refractivity contribution in [1.29, 1.82) is 0 Å². The number of benzene rings is 1. The van der Waals surface area contributed by atoms with Gasteiger partial charge in [-0.2, -0.15) is 0 Å². The minimum atomic E-state index is -0.277. The number of hydrogen-bond donors (Lipinski definition) is 0. The van der Waals surface area contributed by atoms with E-state index in [0.717, 1.165) is 0 Å². The summed E-state index contributed by atoms with van der Waals surface area (Å²) in [7, 11) is 1.74. The van der Waals surface area contributed by atoms with Crippen molar-refractivity contribution in [3.63, 3.8) is 0 Å². The molecular weight excluding hydrogens is 375 g/mol. The maximum absolute atomic E-state index is 11.4. The van der Waals surface area contributed by atoms with Gasteiger partial charge in [0.05, 0.1) is 5.02 Å². The zero-order valence-electron chi connectivity index (χ0n) is 9.60. The van der Waals surface area contributed by atoms with Crippen LogP contribution in [-0.4, -0.2) is 24.9 Å². The SMILES string of the molecule is Cn1nnnc1SCc1c(Cl)ccc(C(=O)Br)c1Cl. The summed E-state index contributed by atoms with van der Waals surface area (Å²) < 4.78 is 1.27. The van der Waals surface area contributed by atoms with Gasteiger partial charge in [-0.25, -0.2) is 4.68 Å². The van der Waals surface area contributed by atoms with Crippen LogP contribution in [0.5, 0.6) is 0 Å². The van der Waals surface area contributed by atoms with E-state index in [9.17, 15) is 4.79 Å². The maximum atomic E-state index is 11.4. The highest BCUT2D eigenvalue weighted by molar-refractivity contribution is 9.18. The molecule has 0 amide bonds. The van der Waals surface area contributed by atoms with Crippen molar-refractivity contribution >= 4 is 55.6 Å². The van der Waals surface area contributed by atoms with Gasteiger partial charge in [0, 0.05) is 29.0 Å². The Morgan fingerprint density at radius 3 is 2.79 bits per heavy atom. The number of nitrogens with zero attached hydrogens (tertiary/aromatic N) is 4. The molecule has 0 bridgehead atoms. The van der Waals surface area contributed by atoms with E-state index in [1.807, 2.05) is 0 Å². The van der Waals surface area contributed by atoms with E-state index >= 15 is 0 Å². The number of rotatable bonds is 4. The molecular formula is C10H7BrCl2N4OS. The first kappa shape index (κ1) is 14.8. The molecule has 1 aromatic carbocycles. The van der Waals surface area contributed by atoms with Crippen LogP contribution in [0.25, 0.3) is 0 Å². The van der Waals surface area contributed by atoms with Crippen LogP contribution in [0.1, 0.15) is 15.9 Å². The van der Waals surface area contributed by atoms with Gasteiger partial charge < -0.3 is 0 Å². The second-order valence-corrected chi connectivity index (χ2v) is 5.98. The molecule has 0 aliphatic carbocycles. The zero-order chi connectivity index (χ0) is 14.0. The van der Waals surface area contributed by atoms with E-state index in [-0.39, 0.29) is 4.69 Å². The fraction of sp³-hybridized carbons (Fsp3) is 0.200. The number of carbonyl (C=O) groups excluding carboxylic acids is 1. The number of halogens is 3. The number of tetrazole rings is 1. The minimum absolute atomic E-state index is 0.277. The monoisotopic (exact) mass is 380 g/mol. The molecule has 0 saturated carbocycles. The number of hydrogen-bond acceptors (Lipinski definition) is 5. The molecule has 19 heavy (non-hydrogen) atoms. The van der Waals surface area contributed by atoms with Gasteiger partial charge in [-0.15, -0.1) is 5.10 Å². The molecule has 5 nitrogen and oxygen atoms in total. The van der Waals surface area contributed by atoms with E-state index in [0.29, 0.717) is 32.1 Å². The van der Waals surface area contributed by atoms with Gasteiger partial charge in [0.1, 0.15) is 0 Å². The normalized spacial score (nSPS) is 10.7. The molecule has 9 heteroatoms. The van der Waals surface area contributed by atoms with E-state index in [2.05, 4.69) is 31.5 Å². The molecule has 1 aromatic heterocycles. The van der Waals surface area contributed by atoms with Gasteiger partial charge in [0.2, 0.25) is 9.85 Å². The number of thioether (sulfide) groups is 1. The molecule has 1 heterocycles. The van der Waals surface area contributed by atoms with Crippen LogP contribution in [0, 0.1) is 0 Å². The van der Waals surface area contributed by atoms with Gasteiger partial charge in [0.25, 0.3) is 0 Å². The van der Waals surface area contributed by atoms with Crippen LogP contribution in [0.4, 0.5) is 0 Å². The molecule has 2 aromatic rings. The number of carbonyl (C=O) groups is 1. The van der Waals surface area contributed by atoms with E-state index in [4.69, 9.17) is 23.2 Å². The number of aromatic nitrogens is 4. The second-order valence-electron chi connectivity index (χ2n) is 3.53. The van der Waals surface area contributed by atoms with Crippen molar-refractivity contribution < 1.29 is 4.79 Å². The molecule has 0 aliphatic heterocycles. The van der Waals surface area contributed by atoms with Crippen molar-refractivity contribution in [3.05, 3.63) is 33.3 Å². The van der Waals surface area contributed by atoms with Gasteiger partial charge in [-0.1, -0.05) is 35.0 Å². The Morgan fingerprint density at radius 2 is 2.21 bits per heavy atom. The fourth-order valence-electron chi connectivity index (χ4n) is 1.36. The summed E-state index contributed by atoms with van der Waals surface area (Å²) in [6.45, 7) is 0. The summed E-state index contributed by atoms with van der Waals surface area (Å²) in [5, 5.41) is 12.6. The molecule has 0 N–H and O–H groups in total. The van der Waals surface area contributed by atoms with Crippen LogP contribution < -0.4 is 0 Å². The van der Waals surface area contributed by atoms with Crippen molar-refractivity contribution in [2.45, 2.75) is 10.9 Å². The average Bonchev–Trinajstić information content (AvgIpc) is 2.74. The summed E-state index contributed by atoms with van der Waals surface area (Å²) in [6.07, 6.45) is 0. The highest BCUT2D eigenvalue weighted by atomic mass is 79.9. The van der Waals surface area contributed by atoms with Gasteiger partial charge in [0.15, 0.2) is 0 Å². The van der Waals surface area contributed by atoms with E-state index < -0.39 is 0 Å². The van der Waals surface area contributed by atoms with Crippen LogP contribution in [0.15, 0.2) is 17.3 Å². The van der Waals surface area contributed by atoms with Gasteiger partial charge >= 0.3 is 0 Å². The number of aryl methyl sites for hydroxylation is 1. The third-order valence-corrected chi connectivity index (χ3v) is 4.57. The molecule has 0 fully saturated rings. The standard InChI is InChI=1S/C10H7BrCl2N4OS/c1-17-10(14-15-16-17)19-4-6-7(12)3-2-5(8(6)13)9(11)18/h2-3H,4H2,1H3. The first-order valence-electron chi connectivity index (χ1n) is 5.02. The lowest BCUT2D eigenvalue weighted by molar-refractivity contribution is 0.109. The molecule has 0 aliphatic rings. The first-order valence-corrected chi connectivity index (χ1v) is 7.56. The lowest BCUT2D eigenvalue weighted by Crippen LogP contribution is -1.97. The summed E-state index contributed by atoms with van der Waals surface area (Å²) in [5.74, 6) is 0.472. The third kappa shape index (κ3) is 3.28. The third-order valence-electron chi connectivity index (χ3n) is 2.32. The highest BCUT2D eigenvalue weighted by Gasteiger charge is 2.15. The van der Waals surface area contributed by atoms with Crippen molar-refractivity contribution in [3.8, 4) is 0 Å². The molecule has 2 rings (SSSR count). The largest absolute Gasteiger partial charge is 0.281 e. The van der Waals surface area contributed by atoms with Gasteiger partial charge in [-0.05, 0) is 38.5 Å². The van der Waals surface area contributed by atoms with Crippen molar-refractivity contribution in [1.82, 2.24) is 20.2 Å².